The van der Waals surface area contributed by atoms with Gasteiger partial charge in [-0.2, -0.15) is 0 Å². The zero-order chi connectivity index (χ0) is 29.5. The van der Waals surface area contributed by atoms with Crippen LogP contribution in [0.2, 0.25) is 0 Å². The zero-order valence-corrected chi connectivity index (χ0v) is 23.7. The van der Waals surface area contributed by atoms with Gasteiger partial charge in [-0.15, -0.1) is 0 Å². The Labute approximate surface area is 230 Å². The molecule has 0 bridgehead atoms. The van der Waals surface area contributed by atoms with Crippen molar-refractivity contribution in [3.8, 4) is 5.75 Å². The van der Waals surface area contributed by atoms with E-state index in [2.05, 4.69) is 10.3 Å². The maximum atomic E-state index is 13.5. The Kier molecular flexibility index (Phi) is 10.9. The number of guanidine groups is 1. The number of aliphatic imine (C=N–C) groups is 1. The lowest BCUT2D eigenvalue weighted by Crippen LogP contribution is -2.56. The summed E-state index contributed by atoms with van der Waals surface area (Å²) >= 11 is 0. The molecule has 0 saturated heterocycles. The number of rotatable bonds is 11. The van der Waals surface area contributed by atoms with Crippen molar-refractivity contribution in [3.05, 3.63) is 65.0 Å². The highest BCUT2D eigenvalue weighted by atomic mass is 19.1. The van der Waals surface area contributed by atoms with Crippen LogP contribution in [0.4, 0.5) is 4.39 Å². The summed E-state index contributed by atoms with van der Waals surface area (Å²) in [5.74, 6) is -1.25. The number of likely N-dealkylation sites (N-methyl/N-ethyl adjacent to an activating group) is 1. The van der Waals surface area contributed by atoms with Crippen molar-refractivity contribution >= 4 is 17.8 Å². The molecule has 2 aromatic rings. The fourth-order valence-corrected chi connectivity index (χ4v) is 4.55. The van der Waals surface area contributed by atoms with Gasteiger partial charge in [-0.05, 0) is 59.1 Å². The first-order valence-corrected chi connectivity index (χ1v) is 13.0. The summed E-state index contributed by atoms with van der Waals surface area (Å²) in [6.45, 7) is 9.84. The van der Waals surface area contributed by atoms with Crippen LogP contribution in [0.15, 0.2) is 47.5 Å². The van der Waals surface area contributed by atoms with Crippen molar-refractivity contribution in [1.82, 2.24) is 10.2 Å². The third-order valence-corrected chi connectivity index (χ3v) is 6.54. The van der Waals surface area contributed by atoms with Crippen molar-refractivity contribution in [2.45, 2.75) is 71.0 Å². The smallest absolute Gasteiger partial charge is 0.243 e. The van der Waals surface area contributed by atoms with Crippen molar-refractivity contribution in [3.63, 3.8) is 0 Å². The normalized spacial score (nSPS) is 13.9. The number of nitrogens with one attached hydrogen (secondary N) is 1. The van der Waals surface area contributed by atoms with Crippen LogP contribution in [0, 0.1) is 11.7 Å². The van der Waals surface area contributed by atoms with E-state index < -0.39 is 24.0 Å². The molecule has 9 nitrogen and oxygen atoms in total. The molecule has 2 rings (SSSR count). The quantitative estimate of drug-likeness (QED) is 0.216. The standard InChI is InChI=1S/C29H43FN6O3/c1-17(2)25(36(6)27(39)23(31)15-18-7-10-20(30)11-8-18)26(38)35-21(16-34-28(32)33)13-19-9-12-24(37)22(14-19)29(3,4)5/h7-12,14,17,21,23,25,37H,13,15-16,31H2,1-6H3,(H,35,38)(H4,32,33,34)/t21-,23-,25-/m0/s1. The second-order valence-electron chi connectivity index (χ2n) is 11.4. The summed E-state index contributed by atoms with van der Waals surface area (Å²) in [7, 11) is 1.55. The van der Waals surface area contributed by atoms with E-state index in [0.29, 0.717) is 6.42 Å². The average Bonchev–Trinajstić information content (AvgIpc) is 2.83. The molecule has 8 N–H and O–H groups in total. The predicted molar refractivity (Wildman–Crippen MR) is 153 cm³/mol. The number of benzene rings is 2. The number of phenols is 1. The van der Waals surface area contributed by atoms with Crippen LogP contribution >= 0.6 is 0 Å². The molecule has 0 aromatic heterocycles. The van der Waals surface area contributed by atoms with Crippen LogP contribution in [0.3, 0.4) is 0 Å². The van der Waals surface area contributed by atoms with Crippen LogP contribution < -0.4 is 22.5 Å². The fraction of sp³-hybridized carbons (Fsp3) is 0.483. The lowest BCUT2D eigenvalue weighted by atomic mass is 9.84. The van der Waals surface area contributed by atoms with E-state index in [9.17, 15) is 19.1 Å². The molecule has 0 radical (unpaired) electrons. The number of aromatic hydroxyl groups is 1. The summed E-state index contributed by atoms with van der Waals surface area (Å²) in [5, 5.41) is 13.3. The van der Waals surface area contributed by atoms with Crippen molar-refractivity contribution in [1.29, 1.82) is 0 Å². The van der Waals surface area contributed by atoms with E-state index in [1.165, 1.54) is 17.0 Å². The number of amides is 2. The topological polar surface area (TPSA) is 160 Å². The van der Waals surface area contributed by atoms with Gasteiger partial charge >= 0.3 is 0 Å². The average molecular weight is 543 g/mol. The van der Waals surface area contributed by atoms with E-state index >= 15 is 0 Å². The van der Waals surface area contributed by atoms with E-state index in [0.717, 1.165) is 16.7 Å². The second-order valence-corrected chi connectivity index (χ2v) is 11.4. The minimum Gasteiger partial charge on any atom is -0.508 e. The monoisotopic (exact) mass is 542 g/mol. The molecule has 0 unspecified atom stereocenters. The Bertz CT molecular complexity index is 1160. The largest absolute Gasteiger partial charge is 0.508 e. The fourth-order valence-electron chi connectivity index (χ4n) is 4.55. The third kappa shape index (κ3) is 9.24. The number of nitrogens with two attached hydrogens (primary N) is 3. The lowest BCUT2D eigenvalue weighted by molar-refractivity contribution is -0.141. The molecule has 0 aliphatic carbocycles. The molecular formula is C29H43FN6O3. The number of halogens is 1. The highest BCUT2D eigenvalue weighted by Gasteiger charge is 2.33. The predicted octanol–water partition coefficient (Wildman–Crippen LogP) is 2.18. The van der Waals surface area contributed by atoms with Gasteiger partial charge < -0.3 is 32.5 Å². The van der Waals surface area contributed by atoms with E-state index in [-0.39, 0.29) is 47.7 Å². The number of carbonyl (C=O) groups excluding carboxylic acids is 2. The number of carbonyl (C=O) groups is 2. The van der Waals surface area contributed by atoms with E-state index in [1.54, 1.807) is 31.3 Å². The Morgan fingerprint density at radius 1 is 1.05 bits per heavy atom. The van der Waals surface area contributed by atoms with Crippen LogP contribution in [-0.2, 0) is 27.8 Å². The van der Waals surface area contributed by atoms with E-state index in [1.807, 2.05) is 40.7 Å². The van der Waals surface area contributed by atoms with Crippen molar-refractivity contribution in [2.24, 2.45) is 28.1 Å². The minimum atomic E-state index is -0.903. The van der Waals surface area contributed by atoms with E-state index in [4.69, 9.17) is 17.2 Å². The zero-order valence-electron chi connectivity index (χ0n) is 23.7. The Balaban J connectivity index is 2.23. The molecule has 2 aromatic carbocycles. The number of nitrogens with zero attached hydrogens (tertiary/aromatic N) is 2. The molecule has 0 aliphatic heterocycles. The molecule has 39 heavy (non-hydrogen) atoms. The maximum absolute atomic E-state index is 13.5. The Morgan fingerprint density at radius 2 is 1.64 bits per heavy atom. The highest BCUT2D eigenvalue weighted by molar-refractivity contribution is 5.90. The molecule has 214 valence electrons. The molecule has 0 aliphatic rings. The van der Waals surface area contributed by atoms with Gasteiger partial charge in [-0.1, -0.05) is 58.9 Å². The van der Waals surface area contributed by atoms with Crippen LogP contribution in [0.25, 0.3) is 0 Å². The summed E-state index contributed by atoms with van der Waals surface area (Å²) in [4.78, 5) is 32.2. The van der Waals surface area contributed by atoms with Crippen molar-refractivity contribution in [2.75, 3.05) is 13.6 Å². The Hall–Kier alpha value is -3.66. The van der Waals surface area contributed by atoms with Gasteiger partial charge in [0.1, 0.15) is 17.6 Å². The highest BCUT2D eigenvalue weighted by Crippen LogP contribution is 2.31. The van der Waals surface area contributed by atoms with Crippen LogP contribution in [-0.4, -0.2) is 59.5 Å². The number of phenolic OH excluding ortho intramolecular Hbond substituents is 1. The molecule has 0 heterocycles. The second kappa shape index (κ2) is 13.4. The Morgan fingerprint density at radius 3 is 2.18 bits per heavy atom. The molecule has 0 fully saturated rings. The van der Waals surface area contributed by atoms with Gasteiger partial charge in [-0.25, -0.2) is 4.39 Å². The first-order chi connectivity index (χ1) is 18.1. The summed E-state index contributed by atoms with van der Waals surface area (Å²) in [6.07, 6.45) is 0.610. The third-order valence-electron chi connectivity index (χ3n) is 6.54. The maximum Gasteiger partial charge on any atom is 0.243 e. The van der Waals surface area contributed by atoms with Crippen molar-refractivity contribution < 1.29 is 19.1 Å². The molecular weight excluding hydrogens is 499 g/mol. The molecule has 0 saturated carbocycles. The van der Waals surface area contributed by atoms with Crippen LogP contribution in [0.5, 0.6) is 5.75 Å². The van der Waals surface area contributed by atoms with Gasteiger partial charge in [0.25, 0.3) is 0 Å². The van der Waals surface area contributed by atoms with Gasteiger partial charge in [0.2, 0.25) is 11.8 Å². The number of hydrogen-bond donors (Lipinski definition) is 5. The first kappa shape index (κ1) is 31.6. The van der Waals surface area contributed by atoms with Gasteiger partial charge in [-0.3, -0.25) is 14.6 Å². The van der Waals surface area contributed by atoms with Gasteiger partial charge in [0.05, 0.1) is 18.6 Å². The van der Waals surface area contributed by atoms with Gasteiger partial charge in [0.15, 0.2) is 5.96 Å². The minimum absolute atomic E-state index is 0.102. The molecule has 2 amide bonds. The molecule has 0 spiro atoms. The SMILES string of the molecule is CC(C)[C@@H](C(=O)N[C@H](CN=C(N)N)Cc1ccc(O)c(C(C)(C)C)c1)N(C)C(=O)[C@@H](N)Cc1ccc(F)cc1. The first-order valence-electron chi connectivity index (χ1n) is 13.0. The summed E-state index contributed by atoms with van der Waals surface area (Å²) in [5.41, 5.74) is 19.4. The summed E-state index contributed by atoms with van der Waals surface area (Å²) in [6, 6.07) is 8.96. The molecule has 3 atom stereocenters. The number of hydrogen-bond acceptors (Lipinski definition) is 5. The summed E-state index contributed by atoms with van der Waals surface area (Å²) < 4.78 is 13.2. The van der Waals surface area contributed by atoms with Crippen LogP contribution in [0.1, 0.15) is 51.3 Å². The molecule has 10 heteroatoms. The van der Waals surface area contributed by atoms with Gasteiger partial charge in [0, 0.05) is 7.05 Å². The lowest BCUT2D eigenvalue weighted by Gasteiger charge is -2.33.